The van der Waals surface area contributed by atoms with Gasteiger partial charge in [-0.3, -0.25) is 18.6 Å². The zero-order valence-corrected chi connectivity index (χ0v) is 55.5. The maximum absolute atomic E-state index is 13.6. The van der Waals surface area contributed by atoms with Crippen LogP contribution in [0.25, 0.3) is 0 Å². The van der Waals surface area contributed by atoms with Crippen molar-refractivity contribution in [2.45, 2.75) is 386 Å². The fourth-order valence-corrected chi connectivity index (χ4v) is 11.7. The lowest BCUT2D eigenvalue weighted by Crippen LogP contribution is -2.47. The molecule has 80 heavy (non-hydrogen) atoms. The van der Waals surface area contributed by atoms with Crippen molar-refractivity contribution in [2.75, 3.05) is 40.9 Å². The van der Waals surface area contributed by atoms with Gasteiger partial charge in [0, 0.05) is 12.8 Å². The second-order valence-electron chi connectivity index (χ2n) is 25.8. The van der Waals surface area contributed by atoms with E-state index in [1.807, 2.05) is 27.2 Å². The number of nitrogens with zero attached hydrogens (tertiary/aromatic N) is 1. The van der Waals surface area contributed by atoms with Gasteiger partial charge in [-0.25, -0.2) is 4.57 Å². The molecule has 476 valence electrons. The normalized spacial score (nSPS) is 13.5. The average Bonchev–Trinajstić information content (AvgIpc) is 3.42. The highest BCUT2D eigenvalue weighted by Gasteiger charge is 2.30. The van der Waals surface area contributed by atoms with E-state index in [1.165, 1.54) is 283 Å². The highest BCUT2D eigenvalue weighted by atomic mass is 31.2. The Bertz CT molecular complexity index is 1370. The van der Waals surface area contributed by atoms with Crippen LogP contribution in [0.15, 0.2) is 12.2 Å². The molecular formula is C70H140N2O7P+. The summed E-state index contributed by atoms with van der Waals surface area (Å²) >= 11 is 0. The first-order valence-corrected chi connectivity index (χ1v) is 37.0. The third-order valence-corrected chi connectivity index (χ3v) is 17.5. The van der Waals surface area contributed by atoms with Crippen LogP contribution in [0.2, 0.25) is 0 Å². The van der Waals surface area contributed by atoms with Crippen LogP contribution in [0.3, 0.4) is 0 Å². The van der Waals surface area contributed by atoms with E-state index >= 15 is 0 Å². The minimum absolute atomic E-state index is 0.0461. The molecule has 0 spiro atoms. The van der Waals surface area contributed by atoms with Crippen LogP contribution in [0.5, 0.6) is 0 Å². The number of phosphoric ester groups is 1. The largest absolute Gasteiger partial charge is 0.472 e. The fourth-order valence-electron chi connectivity index (χ4n) is 11.0. The van der Waals surface area contributed by atoms with E-state index in [-0.39, 0.29) is 25.1 Å². The van der Waals surface area contributed by atoms with Crippen molar-refractivity contribution in [1.82, 2.24) is 5.32 Å². The molecular weight excluding hydrogens is 1010 g/mol. The number of phosphoric acid groups is 1. The molecule has 10 heteroatoms. The Labute approximate surface area is 499 Å². The van der Waals surface area contributed by atoms with Crippen LogP contribution < -0.4 is 5.32 Å². The summed E-state index contributed by atoms with van der Waals surface area (Å²) in [5, 5.41) is 3.08. The van der Waals surface area contributed by atoms with Crippen LogP contribution in [0, 0.1) is 0 Å². The second kappa shape index (κ2) is 60.9. The third-order valence-electron chi connectivity index (χ3n) is 16.5. The smallest absolute Gasteiger partial charge is 0.456 e. The number of esters is 1. The summed E-state index contributed by atoms with van der Waals surface area (Å²) in [5.41, 5.74) is 0. The van der Waals surface area contributed by atoms with Gasteiger partial charge in [-0.2, -0.15) is 0 Å². The molecule has 0 saturated heterocycles. The first-order chi connectivity index (χ1) is 38.9. The van der Waals surface area contributed by atoms with Crippen molar-refractivity contribution < 1.29 is 37.3 Å². The van der Waals surface area contributed by atoms with Gasteiger partial charge >= 0.3 is 13.8 Å². The fraction of sp³-hybridized carbons (Fsp3) is 0.943. The van der Waals surface area contributed by atoms with Crippen molar-refractivity contribution in [3.63, 3.8) is 0 Å². The number of rotatable bonds is 66. The lowest BCUT2D eigenvalue weighted by atomic mass is 10.0. The number of quaternary nitrogens is 1. The number of nitrogens with one attached hydrogen (secondary N) is 1. The SMILES string of the molecule is CCCCCCCCCCCC/C=C\C(OC(=O)CCCCCCCCCCCCCCCCCCC)C(COP(=O)(O)OCC[N+](C)(C)C)NC(=O)CCCCCCCCCCCCCCCCCCCCCCCCCCC. The molecule has 3 unspecified atom stereocenters. The van der Waals surface area contributed by atoms with E-state index in [0.29, 0.717) is 23.9 Å². The third kappa shape index (κ3) is 61.3. The van der Waals surface area contributed by atoms with E-state index in [2.05, 4.69) is 32.2 Å². The Balaban J connectivity index is 4.99. The summed E-state index contributed by atoms with van der Waals surface area (Å²) in [6.45, 7) is 7.09. The molecule has 0 heterocycles. The number of likely N-dealkylation sites (N-methyl/N-ethyl adjacent to an activating group) is 1. The summed E-state index contributed by atoms with van der Waals surface area (Å²) in [7, 11) is 1.52. The number of carbonyl (C=O) groups excluding carboxylic acids is 2. The van der Waals surface area contributed by atoms with Crippen molar-refractivity contribution in [3.05, 3.63) is 12.2 Å². The quantitative estimate of drug-likeness (QED) is 0.0205. The van der Waals surface area contributed by atoms with E-state index in [9.17, 15) is 19.0 Å². The van der Waals surface area contributed by atoms with Crippen LogP contribution >= 0.6 is 7.82 Å². The van der Waals surface area contributed by atoms with Gasteiger partial charge < -0.3 is 19.4 Å². The molecule has 0 aromatic heterocycles. The summed E-state index contributed by atoms with van der Waals surface area (Å²) in [5.74, 6) is -0.478. The van der Waals surface area contributed by atoms with Crippen molar-refractivity contribution in [3.8, 4) is 0 Å². The molecule has 0 radical (unpaired) electrons. The molecule has 0 saturated carbocycles. The zero-order chi connectivity index (χ0) is 58.6. The Kier molecular flexibility index (Phi) is 59.9. The first kappa shape index (κ1) is 78.8. The van der Waals surface area contributed by atoms with Crippen molar-refractivity contribution >= 4 is 19.7 Å². The van der Waals surface area contributed by atoms with Gasteiger partial charge in [0.25, 0.3) is 0 Å². The minimum Gasteiger partial charge on any atom is -0.456 e. The summed E-state index contributed by atoms with van der Waals surface area (Å²) < 4.78 is 30.8. The molecule has 0 rings (SSSR count). The minimum atomic E-state index is -4.44. The van der Waals surface area contributed by atoms with E-state index in [0.717, 1.165) is 57.8 Å². The van der Waals surface area contributed by atoms with Crippen LogP contribution in [-0.2, 0) is 27.9 Å². The molecule has 0 aliphatic heterocycles. The van der Waals surface area contributed by atoms with Gasteiger partial charge in [-0.15, -0.1) is 0 Å². The average molecular weight is 1150 g/mol. The zero-order valence-electron chi connectivity index (χ0n) is 54.6. The van der Waals surface area contributed by atoms with Crippen LogP contribution in [0.4, 0.5) is 0 Å². The second-order valence-corrected chi connectivity index (χ2v) is 27.2. The highest BCUT2D eigenvalue weighted by Crippen LogP contribution is 2.43. The number of carbonyl (C=O) groups is 2. The van der Waals surface area contributed by atoms with Gasteiger partial charge in [0.15, 0.2) is 0 Å². The Morgan fingerprint density at radius 1 is 0.425 bits per heavy atom. The van der Waals surface area contributed by atoms with Crippen LogP contribution in [-0.4, -0.2) is 74.3 Å². The predicted molar refractivity (Wildman–Crippen MR) is 347 cm³/mol. The first-order valence-electron chi connectivity index (χ1n) is 35.5. The van der Waals surface area contributed by atoms with Crippen molar-refractivity contribution in [1.29, 1.82) is 0 Å². The molecule has 1 amide bonds. The molecule has 9 nitrogen and oxygen atoms in total. The van der Waals surface area contributed by atoms with Gasteiger partial charge in [-0.1, -0.05) is 341 Å². The molecule has 0 aliphatic rings. The maximum Gasteiger partial charge on any atom is 0.472 e. The summed E-state index contributed by atoms with van der Waals surface area (Å²) in [6.07, 6.45) is 72.3. The Hall–Kier alpha value is -1.25. The Morgan fingerprint density at radius 2 is 0.713 bits per heavy atom. The molecule has 3 atom stereocenters. The molecule has 0 aliphatic carbocycles. The Morgan fingerprint density at radius 3 is 1.02 bits per heavy atom. The lowest BCUT2D eigenvalue weighted by Gasteiger charge is -2.27. The van der Waals surface area contributed by atoms with Gasteiger partial charge in [0.05, 0.1) is 33.8 Å². The predicted octanol–water partition coefficient (Wildman–Crippen LogP) is 22.3. The molecule has 0 aromatic carbocycles. The lowest BCUT2D eigenvalue weighted by molar-refractivity contribution is -0.870. The summed E-state index contributed by atoms with van der Waals surface area (Å²) in [4.78, 5) is 37.9. The highest BCUT2D eigenvalue weighted by molar-refractivity contribution is 7.47. The van der Waals surface area contributed by atoms with E-state index in [4.69, 9.17) is 13.8 Å². The number of ether oxygens (including phenoxy) is 1. The van der Waals surface area contributed by atoms with Gasteiger partial charge in [0.2, 0.25) is 5.91 Å². The van der Waals surface area contributed by atoms with Gasteiger partial charge in [-0.05, 0) is 31.8 Å². The molecule has 2 N–H and O–H groups in total. The van der Waals surface area contributed by atoms with Crippen molar-refractivity contribution in [2.24, 2.45) is 0 Å². The number of unbranched alkanes of at least 4 members (excludes halogenated alkanes) is 50. The standard InChI is InChI=1S/C70H139N2O7P/c1-7-10-13-16-19-22-25-28-30-32-33-34-35-36-37-38-39-41-42-44-47-50-53-56-59-62-69(73)71-67(66-78-80(75,76)77-65-64-72(4,5)6)68(61-58-55-52-49-46-27-24-21-18-15-12-9-3)79-70(74)63-60-57-54-51-48-45-43-40-31-29-26-23-20-17-14-11-8-2/h58,61,67-68H,7-57,59-60,62-66H2,1-6H3,(H-,71,73,75,76)/p+1/b61-58-. The molecule has 0 fully saturated rings. The topological polar surface area (TPSA) is 111 Å². The monoisotopic (exact) mass is 1150 g/mol. The number of allylic oxidation sites excluding steroid dienone is 1. The number of amides is 1. The molecule has 0 aromatic rings. The van der Waals surface area contributed by atoms with Crippen LogP contribution in [0.1, 0.15) is 374 Å². The molecule has 0 bridgehead atoms. The number of hydrogen-bond acceptors (Lipinski definition) is 6. The van der Waals surface area contributed by atoms with Gasteiger partial charge in [0.1, 0.15) is 19.3 Å². The van der Waals surface area contributed by atoms with E-state index in [1.54, 1.807) is 0 Å². The number of hydrogen-bond donors (Lipinski definition) is 2. The van der Waals surface area contributed by atoms with E-state index < -0.39 is 20.0 Å². The summed E-state index contributed by atoms with van der Waals surface area (Å²) in [6, 6.07) is -0.840. The maximum atomic E-state index is 13.6.